The molecule has 0 radical (unpaired) electrons. The monoisotopic (exact) mass is 674 g/mol. The van der Waals surface area contributed by atoms with Gasteiger partial charge in [0.25, 0.3) is 0 Å². The second-order valence-corrected chi connectivity index (χ2v) is 14.0. The van der Waals surface area contributed by atoms with Gasteiger partial charge in [0.1, 0.15) is 5.65 Å². The van der Waals surface area contributed by atoms with E-state index < -0.39 is 0 Å². The zero-order valence-electron chi connectivity index (χ0n) is 28.6. The summed E-state index contributed by atoms with van der Waals surface area (Å²) >= 11 is 0. The normalized spacial score (nSPS) is 12.2. The van der Waals surface area contributed by atoms with Crippen molar-refractivity contribution in [3.63, 3.8) is 0 Å². The Morgan fingerprint density at radius 1 is 0.321 bits per heavy atom. The smallest absolute Gasteiger partial charge is 0.138 e. The van der Waals surface area contributed by atoms with Gasteiger partial charge in [-0.15, -0.1) is 0 Å². The van der Waals surface area contributed by atoms with Crippen molar-refractivity contribution in [3.8, 4) is 33.8 Å². The molecule has 0 N–H and O–H groups in total. The molecular formula is C49H30N4. The minimum Gasteiger partial charge on any atom is -0.309 e. The molecule has 12 rings (SSSR count). The summed E-state index contributed by atoms with van der Waals surface area (Å²) in [5.41, 5.74) is 14.9. The van der Waals surface area contributed by atoms with Gasteiger partial charge in [-0.3, -0.25) is 4.40 Å². The number of pyridine rings is 1. The third-order valence-corrected chi connectivity index (χ3v) is 11.2. The molecule has 0 aliphatic heterocycles. The van der Waals surface area contributed by atoms with Crippen LogP contribution >= 0.6 is 0 Å². The number of fused-ring (bicyclic) bond motifs is 9. The Hall–Kier alpha value is -7.17. The summed E-state index contributed by atoms with van der Waals surface area (Å²) in [7, 11) is 0. The summed E-state index contributed by atoms with van der Waals surface area (Å²) in [6, 6.07) is 66.0. The molecule has 246 valence electrons. The Morgan fingerprint density at radius 3 is 1.51 bits per heavy atom. The van der Waals surface area contributed by atoms with Gasteiger partial charge in [-0.1, -0.05) is 109 Å². The van der Waals surface area contributed by atoms with Crippen molar-refractivity contribution in [2.45, 2.75) is 0 Å². The summed E-state index contributed by atoms with van der Waals surface area (Å²) in [5.74, 6) is 0. The Balaban J connectivity index is 1.03. The van der Waals surface area contributed by atoms with Gasteiger partial charge in [0.2, 0.25) is 0 Å². The molecule has 5 heterocycles. The van der Waals surface area contributed by atoms with Crippen LogP contribution in [0.5, 0.6) is 0 Å². The van der Waals surface area contributed by atoms with Crippen molar-refractivity contribution < 1.29 is 0 Å². The van der Waals surface area contributed by atoms with E-state index in [0.717, 1.165) is 22.6 Å². The molecule has 0 fully saturated rings. The molecule has 4 heteroatoms. The van der Waals surface area contributed by atoms with Gasteiger partial charge >= 0.3 is 0 Å². The molecular weight excluding hydrogens is 645 g/mol. The zero-order valence-corrected chi connectivity index (χ0v) is 28.6. The van der Waals surface area contributed by atoms with Crippen LogP contribution in [-0.2, 0) is 0 Å². The van der Waals surface area contributed by atoms with E-state index in [1.807, 2.05) is 0 Å². The first-order chi connectivity index (χ1) is 26.3. The maximum Gasteiger partial charge on any atom is 0.138 e. The fourth-order valence-corrected chi connectivity index (χ4v) is 8.90. The van der Waals surface area contributed by atoms with Crippen LogP contribution in [0.3, 0.4) is 0 Å². The molecule has 12 aromatic rings. The average molecular weight is 675 g/mol. The molecule has 7 aromatic carbocycles. The quantitative estimate of drug-likeness (QED) is 0.183. The van der Waals surface area contributed by atoms with Gasteiger partial charge in [0, 0.05) is 49.3 Å². The van der Waals surface area contributed by atoms with Gasteiger partial charge in [0.05, 0.1) is 38.8 Å². The molecule has 0 atom stereocenters. The number of para-hydroxylation sites is 3. The number of nitrogens with zero attached hydrogens (tertiary/aromatic N) is 4. The molecule has 0 saturated carbocycles. The topological polar surface area (TPSA) is 27.2 Å². The fraction of sp³-hybridized carbons (Fsp3) is 0. The third-order valence-electron chi connectivity index (χ3n) is 11.2. The first-order valence-corrected chi connectivity index (χ1v) is 18.1. The van der Waals surface area contributed by atoms with E-state index in [2.05, 4.69) is 196 Å². The van der Waals surface area contributed by atoms with Gasteiger partial charge in [-0.25, -0.2) is 4.98 Å². The number of imidazole rings is 1. The van der Waals surface area contributed by atoms with E-state index in [1.165, 1.54) is 82.2 Å². The minimum absolute atomic E-state index is 0.973. The lowest BCUT2D eigenvalue weighted by atomic mass is 10.0. The summed E-state index contributed by atoms with van der Waals surface area (Å²) in [6.45, 7) is 0. The molecule has 0 bridgehead atoms. The Bertz CT molecular complexity index is 3400. The minimum atomic E-state index is 0.973. The largest absolute Gasteiger partial charge is 0.309 e. The first kappa shape index (κ1) is 28.5. The molecule has 5 aromatic heterocycles. The number of rotatable bonds is 4. The highest BCUT2D eigenvalue weighted by molar-refractivity contribution is 6.15. The third kappa shape index (κ3) is 3.98. The Kier molecular flexibility index (Phi) is 5.74. The maximum absolute atomic E-state index is 5.20. The van der Waals surface area contributed by atoms with Crippen molar-refractivity contribution in [1.29, 1.82) is 0 Å². The van der Waals surface area contributed by atoms with Crippen molar-refractivity contribution in [2.75, 3.05) is 0 Å². The molecule has 0 amide bonds. The molecule has 0 spiro atoms. The Morgan fingerprint density at radius 2 is 0.830 bits per heavy atom. The fourth-order valence-electron chi connectivity index (χ4n) is 8.90. The van der Waals surface area contributed by atoms with Gasteiger partial charge < -0.3 is 9.13 Å². The van der Waals surface area contributed by atoms with Crippen LogP contribution in [-0.4, -0.2) is 18.5 Å². The predicted octanol–water partition coefficient (Wildman–Crippen LogP) is 12.6. The van der Waals surface area contributed by atoms with Crippen molar-refractivity contribution in [1.82, 2.24) is 18.5 Å². The van der Waals surface area contributed by atoms with E-state index in [4.69, 9.17) is 4.98 Å². The van der Waals surface area contributed by atoms with Gasteiger partial charge in [-0.05, 0) is 83.9 Å². The molecule has 4 nitrogen and oxygen atoms in total. The summed E-state index contributed by atoms with van der Waals surface area (Å²) < 4.78 is 7.09. The zero-order chi connectivity index (χ0) is 34.6. The first-order valence-electron chi connectivity index (χ1n) is 18.1. The van der Waals surface area contributed by atoms with E-state index >= 15 is 0 Å². The van der Waals surface area contributed by atoms with Crippen LogP contribution in [0.25, 0.3) is 105 Å². The van der Waals surface area contributed by atoms with Crippen LogP contribution in [0.4, 0.5) is 0 Å². The van der Waals surface area contributed by atoms with Crippen molar-refractivity contribution in [3.05, 3.63) is 182 Å². The number of benzene rings is 7. The van der Waals surface area contributed by atoms with Crippen molar-refractivity contribution in [2.24, 2.45) is 0 Å². The maximum atomic E-state index is 5.20. The van der Waals surface area contributed by atoms with Crippen molar-refractivity contribution >= 4 is 71.1 Å². The van der Waals surface area contributed by atoms with E-state index in [1.54, 1.807) is 0 Å². The molecule has 0 aliphatic rings. The second-order valence-electron chi connectivity index (χ2n) is 14.0. The molecule has 0 saturated heterocycles. The lowest BCUT2D eigenvalue weighted by molar-refractivity contribution is 1.18. The number of aromatic nitrogens is 4. The SMILES string of the molecule is c1ccc(-n2c3ccccc3c3cc(-c4ccc5c(c4)c4ccccc4n5-c4cccc(-c5nc6cccc7c8ccccc8c5n67)c4)ccc32)cc1. The number of hydrogen-bond donors (Lipinski definition) is 0. The summed E-state index contributed by atoms with van der Waals surface area (Å²) in [6.07, 6.45) is 0. The molecule has 53 heavy (non-hydrogen) atoms. The highest BCUT2D eigenvalue weighted by atomic mass is 15.0. The molecule has 0 aliphatic carbocycles. The molecule has 0 unspecified atom stereocenters. The van der Waals surface area contributed by atoms with Crippen LogP contribution in [0, 0.1) is 0 Å². The van der Waals surface area contributed by atoms with Crippen LogP contribution in [0.15, 0.2) is 182 Å². The summed E-state index contributed by atoms with van der Waals surface area (Å²) in [4.78, 5) is 5.20. The highest BCUT2D eigenvalue weighted by Crippen LogP contribution is 2.40. The highest BCUT2D eigenvalue weighted by Gasteiger charge is 2.20. The van der Waals surface area contributed by atoms with Crippen LogP contribution in [0.1, 0.15) is 0 Å². The van der Waals surface area contributed by atoms with Gasteiger partial charge in [0.15, 0.2) is 0 Å². The van der Waals surface area contributed by atoms with Gasteiger partial charge in [-0.2, -0.15) is 0 Å². The summed E-state index contributed by atoms with van der Waals surface area (Å²) in [5, 5.41) is 7.48. The van der Waals surface area contributed by atoms with E-state index in [9.17, 15) is 0 Å². The second kappa shape index (κ2) is 10.7. The van der Waals surface area contributed by atoms with Crippen LogP contribution < -0.4 is 0 Å². The lowest BCUT2D eigenvalue weighted by Gasteiger charge is -2.10. The van der Waals surface area contributed by atoms with E-state index in [0.29, 0.717) is 0 Å². The average Bonchev–Trinajstić information content (AvgIpc) is 3.97. The Labute approximate surface area is 304 Å². The standard InChI is InChI=1S/C49H30N4/c1-2-13-34(14-3-1)51-42-20-8-6-17-37(42)40-29-31(24-26-45(40)51)32-25-27-46-41(30-32)38-18-7-9-21-43(38)52(46)35-15-10-12-33(28-35)48-49-39-19-5-4-16-36(39)44-22-11-23-47(50-48)53(44)49/h1-30H. The number of hydrogen-bond acceptors (Lipinski definition) is 1. The predicted molar refractivity (Wildman–Crippen MR) is 221 cm³/mol. The van der Waals surface area contributed by atoms with Crippen LogP contribution in [0.2, 0.25) is 0 Å². The lowest BCUT2D eigenvalue weighted by Crippen LogP contribution is -1.94. The van der Waals surface area contributed by atoms with E-state index in [-0.39, 0.29) is 0 Å².